The van der Waals surface area contributed by atoms with E-state index in [1.165, 1.54) is 0 Å². The zero-order valence-corrected chi connectivity index (χ0v) is 13.8. The molecule has 3 unspecified atom stereocenters. The van der Waals surface area contributed by atoms with Crippen molar-refractivity contribution in [2.24, 2.45) is 11.7 Å². The minimum Gasteiger partial charge on any atom is -0.354 e. The van der Waals surface area contributed by atoms with Crippen molar-refractivity contribution >= 4 is 5.91 Å². The van der Waals surface area contributed by atoms with Crippen LogP contribution >= 0.6 is 0 Å². The van der Waals surface area contributed by atoms with E-state index >= 15 is 0 Å². The van der Waals surface area contributed by atoms with Crippen molar-refractivity contribution in [2.75, 3.05) is 6.54 Å². The van der Waals surface area contributed by atoms with Gasteiger partial charge in [-0.05, 0) is 5.92 Å². The van der Waals surface area contributed by atoms with Crippen molar-refractivity contribution in [3.05, 3.63) is 36.2 Å². The third-order valence-corrected chi connectivity index (χ3v) is 4.04. The van der Waals surface area contributed by atoms with Crippen LogP contribution in [0.4, 0.5) is 0 Å². The highest BCUT2D eigenvalue weighted by atomic mass is 16.5. The molecule has 6 heteroatoms. The van der Waals surface area contributed by atoms with Gasteiger partial charge in [0.25, 0.3) is 0 Å². The molecule has 3 N–H and O–H groups in total. The summed E-state index contributed by atoms with van der Waals surface area (Å²) in [6.07, 6.45) is 0.869. The quantitative estimate of drug-likeness (QED) is 0.817. The lowest BCUT2D eigenvalue weighted by atomic mass is 9.99. The Morgan fingerprint density at radius 2 is 2.00 bits per heavy atom. The molecule has 1 amide bonds. The lowest BCUT2D eigenvalue weighted by Crippen LogP contribution is -2.45. The van der Waals surface area contributed by atoms with Gasteiger partial charge < -0.3 is 15.6 Å². The molecule has 0 aliphatic rings. The Morgan fingerprint density at radius 3 is 2.65 bits per heavy atom. The number of carbonyl (C=O) groups is 1. The third-order valence-electron chi connectivity index (χ3n) is 4.04. The summed E-state index contributed by atoms with van der Waals surface area (Å²) < 4.78 is 5.30. The van der Waals surface area contributed by atoms with Crippen LogP contribution in [0, 0.1) is 5.92 Å². The van der Waals surface area contributed by atoms with Crippen LogP contribution in [0.25, 0.3) is 11.4 Å². The summed E-state index contributed by atoms with van der Waals surface area (Å²) in [6, 6.07) is 9.13. The van der Waals surface area contributed by atoms with E-state index in [2.05, 4.69) is 15.5 Å². The van der Waals surface area contributed by atoms with E-state index in [4.69, 9.17) is 10.3 Å². The molecule has 0 spiro atoms. The van der Waals surface area contributed by atoms with Crippen LogP contribution in [-0.4, -0.2) is 28.6 Å². The van der Waals surface area contributed by atoms with E-state index in [1.807, 2.05) is 51.1 Å². The molecule has 3 atom stereocenters. The first kappa shape index (κ1) is 17.1. The van der Waals surface area contributed by atoms with Crippen LogP contribution in [0.5, 0.6) is 0 Å². The van der Waals surface area contributed by atoms with Crippen molar-refractivity contribution in [1.82, 2.24) is 15.5 Å². The number of hydrogen-bond donors (Lipinski definition) is 2. The molecule has 0 fully saturated rings. The number of amides is 1. The van der Waals surface area contributed by atoms with Crippen LogP contribution in [-0.2, 0) is 4.79 Å². The van der Waals surface area contributed by atoms with Crippen molar-refractivity contribution in [1.29, 1.82) is 0 Å². The number of nitrogens with two attached hydrogens (primary N) is 1. The van der Waals surface area contributed by atoms with E-state index in [9.17, 15) is 4.79 Å². The van der Waals surface area contributed by atoms with E-state index in [0.717, 1.165) is 12.0 Å². The Balaban J connectivity index is 1.93. The molecule has 124 valence electrons. The highest BCUT2D eigenvalue weighted by molar-refractivity contribution is 5.81. The van der Waals surface area contributed by atoms with Crippen molar-refractivity contribution < 1.29 is 9.32 Å². The fourth-order valence-electron chi connectivity index (χ4n) is 2.11. The molecule has 0 saturated heterocycles. The van der Waals surface area contributed by atoms with E-state index in [0.29, 0.717) is 18.3 Å². The maximum absolute atomic E-state index is 12.0. The topological polar surface area (TPSA) is 94.0 Å². The predicted octanol–water partition coefficient (Wildman–Crippen LogP) is 2.33. The molecule has 1 aromatic carbocycles. The fourth-order valence-corrected chi connectivity index (χ4v) is 2.11. The third kappa shape index (κ3) is 4.39. The highest BCUT2D eigenvalue weighted by Gasteiger charge is 2.21. The number of carbonyl (C=O) groups excluding carboxylic acids is 1. The van der Waals surface area contributed by atoms with Gasteiger partial charge in [0.1, 0.15) is 0 Å². The molecule has 0 radical (unpaired) electrons. The van der Waals surface area contributed by atoms with Crippen LogP contribution in [0.1, 0.15) is 39.0 Å². The van der Waals surface area contributed by atoms with Gasteiger partial charge in [0, 0.05) is 12.1 Å². The summed E-state index contributed by atoms with van der Waals surface area (Å²) in [6.45, 7) is 6.33. The van der Waals surface area contributed by atoms with Crippen molar-refractivity contribution in [3.63, 3.8) is 0 Å². The largest absolute Gasteiger partial charge is 0.354 e. The van der Waals surface area contributed by atoms with Gasteiger partial charge in [-0.25, -0.2) is 0 Å². The van der Waals surface area contributed by atoms with Gasteiger partial charge in [0.15, 0.2) is 0 Å². The number of nitrogens with zero attached hydrogens (tertiary/aromatic N) is 2. The molecule has 0 saturated carbocycles. The first-order valence-corrected chi connectivity index (χ1v) is 7.95. The SMILES string of the molecule is CCC(C)C(N)C(=O)NCC(C)c1nc(-c2ccccc2)no1. The second-order valence-corrected chi connectivity index (χ2v) is 5.88. The molecule has 6 nitrogen and oxygen atoms in total. The molecule has 0 bridgehead atoms. The maximum Gasteiger partial charge on any atom is 0.237 e. The molecule has 2 aromatic rings. The Morgan fingerprint density at radius 1 is 1.30 bits per heavy atom. The summed E-state index contributed by atoms with van der Waals surface area (Å²) in [7, 11) is 0. The smallest absolute Gasteiger partial charge is 0.237 e. The van der Waals surface area contributed by atoms with Crippen LogP contribution in [0.15, 0.2) is 34.9 Å². The number of benzene rings is 1. The Hall–Kier alpha value is -2.21. The maximum atomic E-state index is 12.0. The summed E-state index contributed by atoms with van der Waals surface area (Å²) in [5.74, 6) is 0.983. The fraction of sp³-hybridized carbons (Fsp3) is 0.471. The van der Waals surface area contributed by atoms with Crippen LogP contribution in [0.2, 0.25) is 0 Å². The van der Waals surface area contributed by atoms with Crippen LogP contribution < -0.4 is 11.1 Å². The van der Waals surface area contributed by atoms with Crippen molar-refractivity contribution in [3.8, 4) is 11.4 Å². The molecular formula is C17H24N4O2. The van der Waals surface area contributed by atoms with E-state index in [-0.39, 0.29) is 17.7 Å². The Bertz CT molecular complexity index is 627. The normalized spacial score (nSPS) is 15.0. The molecule has 0 aliphatic heterocycles. The second kappa shape index (κ2) is 7.87. The Kier molecular flexibility index (Phi) is 5.87. The molecule has 2 rings (SSSR count). The minimum atomic E-state index is -0.491. The first-order valence-electron chi connectivity index (χ1n) is 7.95. The molecule has 1 heterocycles. The molecule has 23 heavy (non-hydrogen) atoms. The van der Waals surface area contributed by atoms with E-state index < -0.39 is 6.04 Å². The molecule has 0 aliphatic carbocycles. The summed E-state index contributed by atoms with van der Waals surface area (Å²) in [5, 5.41) is 6.84. The first-order chi connectivity index (χ1) is 11.0. The van der Waals surface area contributed by atoms with E-state index in [1.54, 1.807) is 0 Å². The number of hydrogen-bond acceptors (Lipinski definition) is 5. The number of aromatic nitrogens is 2. The van der Waals surface area contributed by atoms with Gasteiger partial charge >= 0.3 is 0 Å². The summed E-state index contributed by atoms with van der Waals surface area (Å²) in [4.78, 5) is 16.4. The lowest BCUT2D eigenvalue weighted by molar-refractivity contribution is -0.123. The monoisotopic (exact) mass is 316 g/mol. The number of nitrogens with one attached hydrogen (secondary N) is 1. The lowest BCUT2D eigenvalue weighted by Gasteiger charge is -2.18. The van der Waals surface area contributed by atoms with Gasteiger partial charge in [0.2, 0.25) is 17.6 Å². The summed E-state index contributed by atoms with van der Waals surface area (Å²) >= 11 is 0. The summed E-state index contributed by atoms with van der Waals surface area (Å²) in [5.41, 5.74) is 6.81. The van der Waals surface area contributed by atoms with Gasteiger partial charge in [-0.2, -0.15) is 4.98 Å². The van der Waals surface area contributed by atoms with Gasteiger partial charge in [0.05, 0.1) is 12.0 Å². The predicted molar refractivity (Wildman–Crippen MR) is 88.6 cm³/mol. The molecular weight excluding hydrogens is 292 g/mol. The average Bonchev–Trinajstić information content (AvgIpc) is 3.08. The van der Waals surface area contributed by atoms with Crippen molar-refractivity contribution in [2.45, 2.75) is 39.2 Å². The highest BCUT2D eigenvalue weighted by Crippen LogP contribution is 2.19. The Labute approximate surface area is 136 Å². The second-order valence-electron chi connectivity index (χ2n) is 5.88. The van der Waals surface area contributed by atoms with Gasteiger partial charge in [-0.3, -0.25) is 4.79 Å². The zero-order chi connectivity index (χ0) is 16.8. The average molecular weight is 316 g/mol. The minimum absolute atomic E-state index is 0.0759. The standard InChI is InChI=1S/C17H24N4O2/c1-4-11(2)14(18)16(22)19-10-12(3)17-20-15(21-23-17)13-8-6-5-7-9-13/h5-9,11-12,14H,4,10,18H2,1-3H3,(H,19,22). The van der Waals surface area contributed by atoms with Gasteiger partial charge in [-0.15, -0.1) is 0 Å². The molecule has 1 aromatic heterocycles. The number of rotatable bonds is 7. The van der Waals surface area contributed by atoms with Crippen LogP contribution in [0.3, 0.4) is 0 Å². The van der Waals surface area contributed by atoms with Gasteiger partial charge in [-0.1, -0.05) is 62.7 Å². The zero-order valence-electron chi connectivity index (χ0n) is 13.8.